The molecule has 0 amide bonds. The van der Waals surface area contributed by atoms with Crippen molar-refractivity contribution in [3.05, 3.63) is 0 Å². The third-order valence-corrected chi connectivity index (χ3v) is 1.43. The first-order valence-electron chi connectivity index (χ1n) is 4.03. The van der Waals surface area contributed by atoms with E-state index in [9.17, 15) is 0 Å². The molecule has 72 valence electrons. The number of nitrogens with two attached hydrogens (primary N) is 2. The van der Waals surface area contributed by atoms with E-state index in [1.807, 2.05) is 14.1 Å². The lowest BCUT2D eigenvalue weighted by Gasteiger charge is -2.26. The fourth-order valence-electron chi connectivity index (χ4n) is 1.21. The average molecular weight is 172 g/mol. The van der Waals surface area contributed by atoms with Gasteiger partial charge in [0, 0.05) is 13.1 Å². The van der Waals surface area contributed by atoms with Gasteiger partial charge in [-0.3, -0.25) is 4.99 Å². The van der Waals surface area contributed by atoms with Gasteiger partial charge >= 0.3 is 0 Å². The van der Waals surface area contributed by atoms with Gasteiger partial charge in [-0.15, -0.1) is 0 Å². The number of aliphatic imine (C=N–C) groups is 1. The Morgan fingerprint density at radius 2 is 1.83 bits per heavy atom. The zero-order valence-electron chi connectivity index (χ0n) is 8.46. The largest absolute Gasteiger partial charge is 0.370 e. The maximum atomic E-state index is 5.24. The van der Waals surface area contributed by atoms with Gasteiger partial charge in [-0.2, -0.15) is 0 Å². The molecular weight excluding hydrogens is 152 g/mol. The molecule has 0 atom stereocenters. The van der Waals surface area contributed by atoms with Gasteiger partial charge in [-0.05, 0) is 19.5 Å². The summed E-state index contributed by atoms with van der Waals surface area (Å²) in [5.41, 5.74) is 10.6. The van der Waals surface area contributed by atoms with Crippen molar-refractivity contribution in [2.24, 2.45) is 21.9 Å². The molecule has 0 aliphatic rings. The van der Waals surface area contributed by atoms with E-state index >= 15 is 0 Å². The van der Waals surface area contributed by atoms with E-state index in [4.69, 9.17) is 11.5 Å². The highest BCUT2D eigenvalue weighted by molar-refractivity contribution is 5.75. The van der Waals surface area contributed by atoms with Crippen LogP contribution in [0.5, 0.6) is 0 Å². The summed E-state index contributed by atoms with van der Waals surface area (Å²) in [6.45, 7) is 5.93. The van der Waals surface area contributed by atoms with Gasteiger partial charge in [-0.25, -0.2) is 0 Å². The summed E-state index contributed by atoms with van der Waals surface area (Å²) in [6, 6.07) is 0. The van der Waals surface area contributed by atoms with E-state index in [1.165, 1.54) is 0 Å². The summed E-state index contributed by atoms with van der Waals surface area (Å²) in [5, 5.41) is 0. The Bertz CT molecular complexity index is 156. The Kier molecular flexibility index (Phi) is 4.03. The van der Waals surface area contributed by atoms with Crippen LogP contribution in [0.3, 0.4) is 0 Å². The van der Waals surface area contributed by atoms with Crippen molar-refractivity contribution >= 4 is 5.96 Å². The maximum absolute atomic E-state index is 5.24. The minimum atomic E-state index is 0.132. The summed E-state index contributed by atoms with van der Waals surface area (Å²) in [4.78, 5) is 6.12. The fourth-order valence-corrected chi connectivity index (χ4v) is 1.21. The van der Waals surface area contributed by atoms with Gasteiger partial charge in [0.1, 0.15) is 0 Å². The summed E-state index contributed by atoms with van der Waals surface area (Å²) >= 11 is 0. The van der Waals surface area contributed by atoms with Gasteiger partial charge in [0.15, 0.2) is 5.96 Å². The van der Waals surface area contributed by atoms with Crippen LogP contribution in [0.2, 0.25) is 0 Å². The lowest BCUT2D eigenvalue weighted by molar-refractivity contribution is 0.249. The smallest absolute Gasteiger partial charge is 0.185 e. The van der Waals surface area contributed by atoms with Crippen LogP contribution in [0.1, 0.15) is 13.8 Å². The third kappa shape index (κ3) is 5.97. The molecule has 0 unspecified atom stereocenters. The van der Waals surface area contributed by atoms with Crippen molar-refractivity contribution < 1.29 is 0 Å². The Balaban J connectivity index is 3.95. The highest BCUT2D eigenvalue weighted by Crippen LogP contribution is 2.15. The normalized spacial score (nSPS) is 11.8. The zero-order valence-corrected chi connectivity index (χ0v) is 8.46. The summed E-state index contributed by atoms with van der Waals surface area (Å²) in [7, 11) is 4.08. The molecule has 4 N–H and O–H groups in total. The van der Waals surface area contributed by atoms with Gasteiger partial charge in [0.25, 0.3) is 0 Å². The maximum Gasteiger partial charge on any atom is 0.185 e. The minimum absolute atomic E-state index is 0.132. The molecule has 0 aliphatic carbocycles. The first kappa shape index (κ1) is 11.2. The van der Waals surface area contributed by atoms with Crippen LogP contribution in [0.25, 0.3) is 0 Å². The lowest BCUT2D eigenvalue weighted by atomic mass is 9.93. The van der Waals surface area contributed by atoms with Crippen LogP contribution in [0.15, 0.2) is 4.99 Å². The van der Waals surface area contributed by atoms with E-state index < -0.39 is 0 Å². The Labute approximate surface area is 74.6 Å². The molecule has 0 radical (unpaired) electrons. The fraction of sp³-hybridized carbons (Fsp3) is 0.875. The lowest BCUT2D eigenvalue weighted by Crippen LogP contribution is -2.33. The molecule has 0 rings (SSSR count). The molecule has 4 heteroatoms. The van der Waals surface area contributed by atoms with Crippen LogP contribution in [-0.4, -0.2) is 38.0 Å². The summed E-state index contributed by atoms with van der Waals surface area (Å²) in [5.74, 6) is 0.168. The molecule has 12 heavy (non-hydrogen) atoms. The quantitative estimate of drug-likeness (QED) is 0.457. The van der Waals surface area contributed by atoms with Crippen molar-refractivity contribution in [3.63, 3.8) is 0 Å². The highest BCUT2D eigenvalue weighted by atomic mass is 15.1. The second kappa shape index (κ2) is 4.30. The number of hydrogen-bond acceptors (Lipinski definition) is 2. The number of nitrogens with zero attached hydrogens (tertiary/aromatic N) is 2. The predicted molar refractivity (Wildman–Crippen MR) is 53.0 cm³/mol. The molecule has 0 heterocycles. The Morgan fingerprint density at radius 3 is 2.17 bits per heavy atom. The standard InChI is InChI=1S/C8H20N4/c1-8(2,6-12(3)4)5-11-7(9)10/h5-6H2,1-4H3,(H4,9,10,11). The van der Waals surface area contributed by atoms with Crippen LogP contribution in [0, 0.1) is 5.41 Å². The SMILES string of the molecule is CN(C)CC(C)(C)CN=C(N)N. The molecule has 0 aromatic heterocycles. The monoisotopic (exact) mass is 172 g/mol. The third-order valence-electron chi connectivity index (χ3n) is 1.43. The Morgan fingerprint density at radius 1 is 1.33 bits per heavy atom. The first-order valence-corrected chi connectivity index (χ1v) is 4.03. The van der Waals surface area contributed by atoms with Crippen molar-refractivity contribution in [1.82, 2.24) is 4.90 Å². The minimum Gasteiger partial charge on any atom is -0.370 e. The molecule has 0 aliphatic heterocycles. The molecule has 0 saturated heterocycles. The molecular formula is C8H20N4. The van der Waals surface area contributed by atoms with Crippen LogP contribution in [-0.2, 0) is 0 Å². The van der Waals surface area contributed by atoms with E-state index in [0.717, 1.165) is 6.54 Å². The topological polar surface area (TPSA) is 67.6 Å². The average Bonchev–Trinajstić information content (AvgIpc) is 1.81. The van der Waals surface area contributed by atoms with Crippen LogP contribution >= 0.6 is 0 Å². The molecule has 0 fully saturated rings. The second-order valence-electron chi connectivity index (χ2n) is 4.14. The molecule has 0 bridgehead atoms. The molecule has 0 saturated carbocycles. The number of guanidine groups is 1. The Hall–Kier alpha value is -0.770. The van der Waals surface area contributed by atoms with Crippen molar-refractivity contribution in [1.29, 1.82) is 0 Å². The molecule has 4 nitrogen and oxygen atoms in total. The van der Waals surface area contributed by atoms with Crippen LogP contribution < -0.4 is 11.5 Å². The summed E-state index contributed by atoms with van der Waals surface area (Å²) in [6.07, 6.45) is 0. The first-order chi connectivity index (χ1) is 5.33. The molecule has 0 aromatic carbocycles. The van der Waals surface area contributed by atoms with E-state index in [0.29, 0.717) is 6.54 Å². The van der Waals surface area contributed by atoms with Crippen molar-refractivity contribution in [2.45, 2.75) is 13.8 Å². The zero-order chi connectivity index (χ0) is 9.78. The predicted octanol–water partition coefficient (Wildman–Crippen LogP) is -0.152. The van der Waals surface area contributed by atoms with Crippen molar-refractivity contribution in [3.8, 4) is 0 Å². The number of hydrogen-bond donors (Lipinski definition) is 2. The van der Waals surface area contributed by atoms with Gasteiger partial charge in [0.2, 0.25) is 0 Å². The second-order valence-corrected chi connectivity index (χ2v) is 4.14. The van der Waals surface area contributed by atoms with Crippen molar-refractivity contribution in [2.75, 3.05) is 27.2 Å². The van der Waals surface area contributed by atoms with Gasteiger partial charge in [-0.1, -0.05) is 13.8 Å². The molecule has 0 spiro atoms. The van der Waals surface area contributed by atoms with Crippen LogP contribution in [0.4, 0.5) is 0 Å². The van der Waals surface area contributed by atoms with E-state index in [-0.39, 0.29) is 11.4 Å². The van der Waals surface area contributed by atoms with E-state index in [2.05, 4.69) is 23.7 Å². The summed E-state index contributed by atoms with van der Waals surface area (Å²) < 4.78 is 0. The van der Waals surface area contributed by atoms with Gasteiger partial charge in [0.05, 0.1) is 0 Å². The molecule has 0 aromatic rings. The van der Waals surface area contributed by atoms with Gasteiger partial charge < -0.3 is 16.4 Å². The van der Waals surface area contributed by atoms with E-state index in [1.54, 1.807) is 0 Å². The highest BCUT2D eigenvalue weighted by Gasteiger charge is 2.17. The number of rotatable bonds is 4.